The fraction of sp³-hybridized carbons (Fsp3) is 0.273. The second-order valence-electron chi connectivity index (χ2n) is 3.40. The Hall–Kier alpha value is -1.69. The predicted octanol–water partition coefficient (Wildman–Crippen LogP) is 1.63. The van der Waals surface area contributed by atoms with Crippen LogP contribution >= 0.6 is 11.8 Å². The number of hydrogen-bond donors (Lipinski definition) is 1. The van der Waals surface area contributed by atoms with Crippen LogP contribution in [0, 0.1) is 0 Å². The van der Waals surface area contributed by atoms with E-state index in [4.69, 9.17) is 5.21 Å². The summed E-state index contributed by atoms with van der Waals surface area (Å²) in [6, 6.07) is 3.17. The largest absolute Gasteiger partial charge is 0.410 e. The van der Waals surface area contributed by atoms with Crippen LogP contribution in [0.15, 0.2) is 34.7 Å². The first-order valence-electron chi connectivity index (χ1n) is 5.17. The normalized spacial score (nSPS) is 16.5. The minimum Gasteiger partial charge on any atom is -0.410 e. The van der Waals surface area contributed by atoms with Crippen molar-refractivity contribution < 1.29 is 10.0 Å². The van der Waals surface area contributed by atoms with Gasteiger partial charge in [-0.1, -0.05) is 5.16 Å². The lowest BCUT2D eigenvalue weighted by atomic mass is 10.1. The van der Waals surface area contributed by atoms with Gasteiger partial charge in [0.15, 0.2) is 5.71 Å². The lowest BCUT2D eigenvalue weighted by Crippen LogP contribution is -2.24. The van der Waals surface area contributed by atoms with Crippen LogP contribution in [0.2, 0.25) is 0 Å². The molecule has 5 nitrogen and oxygen atoms in total. The number of pyridine rings is 1. The van der Waals surface area contributed by atoms with Gasteiger partial charge in [0.25, 0.3) is 0 Å². The van der Waals surface area contributed by atoms with Crippen LogP contribution in [0.25, 0.3) is 0 Å². The highest BCUT2D eigenvalue weighted by Crippen LogP contribution is 2.15. The molecule has 0 saturated heterocycles. The summed E-state index contributed by atoms with van der Waals surface area (Å²) in [5.74, 6) is 0.560. The van der Waals surface area contributed by atoms with Gasteiger partial charge in [0.2, 0.25) is 5.78 Å². The Morgan fingerprint density at radius 3 is 2.76 bits per heavy atom. The van der Waals surface area contributed by atoms with Gasteiger partial charge in [0.05, 0.1) is 0 Å². The monoisotopic (exact) mass is 249 g/mol. The lowest BCUT2D eigenvalue weighted by Gasteiger charge is -2.11. The highest BCUT2D eigenvalue weighted by Gasteiger charge is 2.22. The summed E-state index contributed by atoms with van der Waals surface area (Å²) >= 11 is 1.44. The molecule has 0 spiro atoms. The zero-order valence-electron chi connectivity index (χ0n) is 9.04. The molecule has 0 aliphatic carbocycles. The van der Waals surface area contributed by atoms with Gasteiger partial charge in [-0.2, -0.15) is 0 Å². The number of aliphatic imine (C=N–C) groups is 1. The first-order valence-corrected chi connectivity index (χ1v) is 6.16. The van der Waals surface area contributed by atoms with Crippen LogP contribution in [0.3, 0.4) is 0 Å². The molecule has 0 amide bonds. The van der Waals surface area contributed by atoms with Crippen LogP contribution in [0.5, 0.6) is 0 Å². The van der Waals surface area contributed by atoms with E-state index in [2.05, 4.69) is 15.1 Å². The number of thioether (sulfide) groups is 1. The molecule has 0 bridgehead atoms. The summed E-state index contributed by atoms with van der Waals surface area (Å²) in [4.78, 5) is 20.1. The Bertz CT molecular complexity index is 471. The molecule has 0 unspecified atom stereocenters. The molecule has 2 heterocycles. The molecule has 0 aromatic carbocycles. The van der Waals surface area contributed by atoms with E-state index in [1.807, 2.05) is 0 Å². The van der Waals surface area contributed by atoms with Gasteiger partial charge >= 0.3 is 0 Å². The van der Waals surface area contributed by atoms with Crippen molar-refractivity contribution in [1.29, 1.82) is 0 Å². The average Bonchev–Trinajstić information content (AvgIpc) is 2.42. The van der Waals surface area contributed by atoms with Crippen LogP contribution in [-0.4, -0.2) is 39.0 Å². The van der Waals surface area contributed by atoms with Gasteiger partial charge in [-0.3, -0.25) is 14.8 Å². The summed E-state index contributed by atoms with van der Waals surface area (Å²) in [5, 5.41) is 12.6. The molecule has 1 N–H and O–H groups in total. The van der Waals surface area contributed by atoms with Gasteiger partial charge in [-0.15, -0.1) is 11.8 Å². The zero-order valence-corrected chi connectivity index (χ0v) is 9.85. The summed E-state index contributed by atoms with van der Waals surface area (Å²) in [7, 11) is 0. The van der Waals surface area contributed by atoms with E-state index in [9.17, 15) is 4.79 Å². The van der Waals surface area contributed by atoms with Crippen molar-refractivity contribution in [2.45, 2.75) is 6.42 Å². The molecule has 2 rings (SSSR count). The molecule has 1 aromatic heterocycles. The van der Waals surface area contributed by atoms with Crippen LogP contribution in [-0.2, 0) is 0 Å². The number of rotatable bonds is 3. The molecule has 6 heteroatoms. The number of hydrogen-bond acceptors (Lipinski definition) is 6. The Kier molecular flexibility index (Phi) is 3.87. The lowest BCUT2D eigenvalue weighted by molar-refractivity contribution is 0.106. The summed E-state index contributed by atoms with van der Waals surface area (Å²) in [6.07, 6.45) is 4.03. The molecule has 0 radical (unpaired) electrons. The van der Waals surface area contributed by atoms with Gasteiger partial charge in [-0.05, 0) is 18.6 Å². The molecule has 1 aliphatic rings. The van der Waals surface area contributed by atoms with Crippen LogP contribution < -0.4 is 0 Å². The van der Waals surface area contributed by atoms with Crippen molar-refractivity contribution >= 4 is 28.3 Å². The minimum absolute atomic E-state index is 0.0147. The standard InChI is InChI=1S/C11H11N3O2S/c15-10(8-2-5-12-6-3-8)9(14-16)11-13-4-1-7-17-11/h2-3,5-6,16H,1,4,7H2. The highest BCUT2D eigenvalue weighted by molar-refractivity contribution is 8.16. The predicted molar refractivity (Wildman–Crippen MR) is 67.2 cm³/mol. The molecule has 88 valence electrons. The summed E-state index contributed by atoms with van der Waals surface area (Å²) in [5.41, 5.74) is 0.461. The Morgan fingerprint density at radius 1 is 1.41 bits per heavy atom. The van der Waals surface area contributed by atoms with E-state index >= 15 is 0 Å². The smallest absolute Gasteiger partial charge is 0.217 e. The maximum absolute atomic E-state index is 12.1. The maximum Gasteiger partial charge on any atom is 0.217 e. The van der Waals surface area contributed by atoms with Crippen molar-refractivity contribution in [3.63, 3.8) is 0 Å². The third-order valence-corrected chi connectivity index (χ3v) is 3.35. The third kappa shape index (κ3) is 2.71. The second-order valence-corrected chi connectivity index (χ2v) is 4.49. The quantitative estimate of drug-likeness (QED) is 0.382. The van der Waals surface area contributed by atoms with Gasteiger partial charge < -0.3 is 5.21 Å². The maximum atomic E-state index is 12.1. The fourth-order valence-corrected chi connectivity index (χ4v) is 2.35. The van der Waals surface area contributed by atoms with Crippen molar-refractivity contribution in [3.8, 4) is 0 Å². The topological polar surface area (TPSA) is 74.9 Å². The molecule has 0 saturated carbocycles. The average molecular weight is 249 g/mol. The number of ketones is 1. The Labute approximate surface area is 103 Å². The van der Waals surface area contributed by atoms with Gasteiger partial charge in [0.1, 0.15) is 5.04 Å². The van der Waals surface area contributed by atoms with Crippen molar-refractivity contribution in [3.05, 3.63) is 30.1 Å². The number of carbonyl (C=O) groups is 1. The second kappa shape index (κ2) is 5.58. The fourth-order valence-electron chi connectivity index (χ4n) is 1.43. The highest BCUT2D eigenvalue weighted by atomic mass is 32.2. The summed E-state index contributed by atoms with van der Waals surface area (Å²) in [6.45, 7) is 0.672. The molecule has 1 aliphatic heterocycles. The number of oxime groups is 1. The van der Waals surface area contributed by atoms with E-state index in [1.165, 1.54) is 24.2 Å². The van der Waals surface area contributed by atoms with E-state index in [0.717, 1.165) is 12.2 Å². The molecule has 0 atom stereocenters. The Balaban J connectivity index is 2.26. The molecular weight excluding hydrogens is 238 g/mol. The van der Waals surface area contributed by atoms with Crippen LogP contribution in [0.1, 0.15) is 16.8 Å². The first kappa shape index (κ1) is 11.8. The number of nitrogens with zero attached hydrogens (tertiary/aromatic N) is 3. The zero-order chi connectivity index (χ0) is 12.1. The number of Topliss-reactive ketones (excluding diaryl/α,β-unsaturated/α-hetero) is 1. The molecule has 17 heavy (non-hydrogen) atoms. The molecule has 1 aromatic rings. The summed E-state index contributed by atoms with van der Waals surface area (Å²) < 4.78 is 0. The van der Waals surface area contributed by atoms with Crippen LogP contribution in [0.4, 0.5) is 0 Å². The Morgan fingerprint density at radius 2 is 2.18 bits per heavy atom. The van der Waals surface area contributed by atoms with E-state index in [0.29, 0.717) is 17.2 Å². The van der Waals surface area contributed by atoms with Crippen molar-refractivity contribution in [1.82, 2.24) is 4.98 Å². The SMILES string of the molecule is O=C(C(=NO)C1=NCCCS1)c1ccncc1. The van der Waals surface area contributed by atoms with E-state index < -0.39 is 0 Å². The van der Waals surface area contributed by atoms with E-state index in [-0.39, 0.29) is 11.5 Å². The van der Waals surface area contributed by atoms with Crippen molar-refractivity contribution in [2.75, 3.05) is 12.3 Å². The van der Waals surface area contributed by atoms with Crippen molar-refractivity contribution in [2.24, 2.45) is 10.1 Å². The number of aromatic nitrogens is 1. The van der Waals surface area contributed by atoms with E-state index in [1.54, 1.807) is 12.1 Å². The van der Waals surface area contributed by atoms with Gasteiger partial charge in [0, 0.05) is 30.3 Å². The molecule has 0 fully saturated rings. The first-order chi connectivity index (χ1) is 8.33. The molecular formula is C11H11N3O2S. The minimum atomic E-state index is -0.331. The number of carbonyl (C=O) groups excluding carboxylic acids is 1. The van der Waals surface area contributed by atoms with Gasteiger partial charge in [-0.25, -0.2) is 0 Å². The third-order valence-electron chi connectivity index (χ3n) is 2.26.